The van der Waals surface area contributed by atoms with E-state index in [0.29, 0.717) is 11.3 Å². The molecule has 1 unspecified atom stereocenters. The highest BCUT2D eigenvalue weighted by molar-refractivity contribution is 5.95. The molecular weight excluding hydrogens is 274 g/mol. The van der Waals surface area contributed by atoms with Gasteiger partial charge in [0.25, 0.3) is 5.91 Å². The van der Waals surface area contributed by atoms with E-state index in [9.17, 15) is 9.59 Å². The third kappa shape index (κ3) is 4.75. The van der Waals surface area contributed by atoms with Crippen molar-refractivity contribution in [1.82, 2.24) is 5.32 Å². The average Bonchev–Trinajstić information content (AvgIpc) is 3.04. The lowest BCUT2D eigenvalue weighted by Crippen LogP contribution is -2.31. The van der Waals surface area contributed by atoms with Crippen molar-refractivity contribution in [2.24, 2.45) is 0 Å². The topological polar surface area (TPSA) is 73.9 Å². The van der Waals surface area contributed by atoms with Crippen LogP contribution in [0.2, 0.25) is 0 Å². The molecule has 6 nitrogen and oxygen atoms in total. The molecule has 1 atom stereocenters. The number of carbonyl (C=O) groups excluding carboxylic acids is 2. The van der Waals surface area contributed by atoms with Crippen molar-refractivity contribution >= 4 is 11.9 Å². The van der Waals surface area contributed by atoms with Crippen LogP contribution in [-0.2, 0) is 14.3 Å². The average molecular weight is 293 g/mol. The van der Waals surface area contributed by atoms with Crippen molar-refractivity contribution in [3.8, 4) is 5.75 Å². The number of nitrogens with one attached hydrogen (secondary N) is 1. The summed E-state index contributed by atoms with van der Waals surface area (Å²) >= 11 is 0. The maximum atomic E-state index is 11.8. The normalized spacial score (nSPS) is 17.3. The maximum Gasteiger partial charge on any atom is 0.325 e. The summed E-state index contributed by atoms with van der Waals surface area (Å²) in [4.78, 5) is 23.3. The Bertz CT molecular complexity index is 479. The number of hydrogen-bond donors (Lipinski definition) is 1. The Balaban J connectivity index is 1.70. The largest absolute Gasteiger partial charge is 0.497 e. The van der Waals surface area contributed by atoms with Crippen molar-refractivity contribution < 1.29 is 23.8 Å². The van der Waals surface area contributed by atoms with E-state index < -0.39 is 5.97 Å². The van der Waals surface area contributed by atoms with Gasteiger partial charge in [0.15, 0.2) is 0 Å². The SMILES string of the molecule is COc1ccc(C(=O)NCC(=O)OCC2CCCO2)cc1. The summed E-state index contributed by atoms with van der Waals surface area (Å²) in [7, 11) is 1.55. The molecule has 0 spiro atoms. The Morgan fingerprint density at radius 1 is 1.33 bits per heavy atom. The van der Waals surface area contributed by atoms with E-state index in [-0.39, 0.29) is 25.2 Å². The molecule has 6 heteroatoms. The molecule has 0 bridgehead atoms. The highest BCUT2D eigenvalue weighted by atomic mass is 16.6. The van der Waals surface area contributed by atoms with Crippen LogP contribution >= 0.6 is 0 Å². The number of rotatable bonds is 6. The molecule has 1 heterocycles. The van der Waals surface area contributed by atoms with Crippen molar-refractivity contribution in [3.05, 3.63) is 29.8 Å². The molecule has 1 aliphatic heterocycles. The van der Waals surface area contributed by atoms with Gasteiger partial charge in [-0.1, -0.05) is 0 Å². The van der Waals surface area contributed by atoms with E-state index in [2.05, 4.69) is 5.32 Å². The van der Waals surface area contributed by atoms with Crippen molar-refractivity contribution in [1.29, 1.82) is 0 Å². The molecule has 1 amide bonds. The first-order chi connectivity index (χ1) is 10.2. The van der Waals surface area contributed by atoms with Crippen LogP contribution in [0.4, 0.5) is 0 Å². The molecule has 21 heavy (non-hydrogen) atoms. The standard InChI is InChI=1S/C15H19NO5/c1-19-12-6-4-11(5-7-12)15(18)16-9-14(17)21-10-13-3-2-8-20-13/h4-7,13H,2-3,8-10H2,1H3,(H,16,18). The van der Waals surface area contributed by atoms with E-state index in [1.54, 1.807) is 31.4 Å². The quantitative estimate of drug-likeness (QED) is 0.796. The molecule has 0 aromatic heterocycles. The summed E-state index contributed by atoms with van der Waals surface area (Å²) in [6, 6.07) is 6.63. The zero-order chi connectivity index (χ0) is 15.1. The van der Waals surface area contributed by atoms with Crippen LogP contribution in [-0.4, -0.2) is 44.8 Å². The first-order valence-corrected chi connectivity index (χ1v) is 6.88. The molecule has 0 aliphatic carbocycles. The Labute approximate surface area is 123 Å². The predicted molar refractivity (Wildman–Crippen MR) is 75.3 cm³/mol. The highest BCUT2D eigenvalue weighted by Crippen LogP contribution is 2.12. The summed E-state index contributed by atoms with van der Waals surface area (Å²) in [6.45, 7) is 0.811. The number of hydrogen-bond acceptors (Lipinski definition) is 5. The molecular formula is C15H19NO5. The minimum atomic E-state index is -0.465. The second-order valence-electron chi connectivity index (χ2n) is 4.73. The monoisotopic (exact) mass is 293 g/mol. The third-order valence-corrected chi connectivity index (χ3v) is 3.20. The van der Waals surface area contributed by atoms with Crippen LogP contribution in [0.5, 0.6) is 5.75 Å². The summed E-state index contributed by atoms with van der Waals surface area (Å²) < 4.78 is 15.4. The first-order valence-electron chi connectivity index (χ1n) is 6.88. The molecule has 1 fully saturated rings. The number of amides is 1. The van der Waals surface area contributed by atoms with Gasteiger partial charge in [0.1, 0.15) is 18.9 Å². The second-order valence-corrected chi connectivity index (χ2v) is 4.73. The molecule has 2 rings (SSSR count). The lowest BCUT2D eigenvalue weighted by molar-refractivity contribution is -0.145. The van der Waals surface area contributed by atoms with Crippen LogP contribution in [0.25, 0.3) is 0 Å². The van der Waals surface area contributed by atoms with Gasteiger partial charge in [0, 0.05) is 12.2 Å². The van der Waals surface area contributed by atoms with E-state index in [1.165, 1.54) is 0 Å². The zero-order valence-corrected chi connectivity index (χ0v) is 12.0. The van der Waals surface area contributed by atoms with Crippen LogP contribution in [0.15, 0.2) is 24.3 Å². The molecule has 0 radical (unpaired) electrons. The van der Waals surface area contributed by atoms with E-state index in [0.717, 1.165) is 19.4 Å². The van der Waals surface area contributed by atoms with Crippen molar-refractivity contribution in [2.45, 2.75) is 18.9 Å². The number of esters is 1. The fourth-order valence-electron chi connectivity index (χ4n) is 2.01. The van der Waals surface area contributed by atoms with Gasteiger partial charge >= 0.3 is 5.97 Å². The Hall–Kier alpha value is -2.08. The van der Waals surface area contributed by atoms with E-state index in [4.69, 9.17) is 14.2 Å². The molecule has 1 aliphatic rings. The lowest BCUT2D eigenvalue weighted by Gasteiger charge is -2.10. The van der Waals surface area contributed by atoms with E-state index in [1.807, 2.05) is 0 Å². The molecule has 1 aromatic carbocycles. The zero-order valence-electron chi connectivity index (χ0n) is 12.0. The number of methoxy groups -OCH3 is 1. The smallest absolute Gasteiger partial charge is 0.325 e. The number of carbonyl (C=O) groups is 2. The highest BCUT2D eigenvalue weighted by Gasteiger charge is 2.17. The maximum absolute atomic E-state index is 11.8. The van der Waals surface area contributed by atoms with Gasteiger partial charge in [-0.2, -0.15) is 0 Å². The minimum Gasteiger partial charge on any atom is -0.497 e. The minimum absolute atomic E-state index is 0.00811. The van der Waals surface area contributed by atoms with Gasteiger partial charge < -0.3 is 19.5 Å². The Kier molecular flexibility index (Phi) is 5.57. The number of ether oxygens (including phenoxy) is 3. The third-order valence-electron chi connectivity index (χ3n) is 3.20. The first kappa shape index (κ1) is 15.3. The van der Waals surface area contributed by atoms with Crippen molar-refractivity contribution in [2.75, 3.05) is 26.9 Å². The van der Waals surface area contributed by atoms with Crippen LogP contribution in [0.1, 0.15) is 23.2 Å². The van der Waals surface area contributed by atoms with Gasteiger partial charge in [-0.05, 0) is 37.1 Å². The van der Waals surface area contributed by atoms with Crippen LogP contribution < -0.4 is 10.1 Å². The van der Waals surface area contributed by atoms with Crippen LogP contribution in [0, 0.1) is 0 Å². The summed E-state index contributed by atoms with van der Waals surface area (Å²) in [5, 5.41) is 2.52. The van der Waals surface area contributed by atoms with Gasteiger partial charge in [-0.25, -0.2) is 0 Å². The molecule has 114 valence electrons. The predicted octanol–water partition coefficient (Wildman–Crippen LogP) is 1.15. The fourth-order valence-corrected chi connectivity index (χ4v) is 2.01. The fraction of sp³-hybridized carbons (Fsp3) is 0.467. The van der Waals surface area contributed by atoms with Gasteiger partial charge in [0.05, 0.1) is 13.2 Å². The van der Waals surface area contributed by atoms with Crippen LogP contribution in [0.3, 0.4) is 0 Å². The van der Waals surface area contributed by atoms with E-state index >= 15 is 0 Å². The van der Waals surface area contributed by atoms with Gasteiger partial charge in [-0.3, -0.25) is 9.59 Å². The molecule has 0 saturated carbocycles. The van der Waals surface area contributed by atoms with Gasteiger partial charge in [-0.15, -0.1) is 0 Å². The summed E-state index contributed by atoms with van der Waals surface area (Å²) in [5.41, 5.74) is 0.461. The lowest BCUT2D eigenvalue weighted by atomic mass is 10.2. The van der Waals surface area contributed by atoms with Gasteiger partial charge in [0.2, 0.25) is 0 Å². The summed E-state index contributed by atoms with van der Waals surface area (Å²) in [5.74, 6) is -0.124. The number of benzene rings is 1. The second kappa shape index (κ2) is 7.64. The molecule has 1 N–H and O–H groups in total. The Morgan fingerprint density at radius 2 is 2.10 bits per heavy atom. The van der Waals surface area contributed by atoms with Crippen molar-refractivity contribution in [3.63, 3.8) is 0 Å². The summed E-state index contributed by atoms with van der Waals surface area (Å²) in [6.07, 6.45) is 1.90. The molecule has 1 saturated heterocycles. The Morgan fingerprint density at radius 3 is 2.71 bits per heavy atom. The molecule has 1 aromatic rings.